The van der Waals surface area contributed by atoms with E-state index in [4.69, 9.17) is 4.74 Å². The minimum absolute atomic E-state index is 0.343. The lowest BCUT2D eigenvalue weighted by atomic mass is 10.1. The maximum atomic E-state index is 6.27. The van der Waals surface area contributed by atoms with Crippen molar-refractivity contribution in [1.29, 1.82) is 0 Å². The largest absolute Gasteiger partial charge is 0.448 e. The third-order valence-corrected chi connectivity index (χ3v) is 5.97. The Morgan fingerprint density at radius 2 is 1.89 bits per heavy atom. The van der Waals surface area contributed by atoms with E-state index in [0.29, 0.717) is 16.7 Å². The van der Waals surface area contributed by atoms with E-state index in [-0.39, 0.29) is 6.23 Å². The SMILES string of the molecule is CCCSc1nnc2c(n1)OC(c1ccc(SC)cc1)Nc1ccccc1-2. The van der Waals surface area contributed by atoms with Gasteiger partial charge in [-0.25, -0.2) is 0 Å². The van der Waals surface area contributed by atoms with Gasteiger partial charge < -0.3 is 10.1 Å². The lowest BCUT2D eigenvalue weighted by molar-refractivity contribution is 0.225. The molecule has 3 aromatic rings. The molecule has 2 aromatic carbocycles. The van der Waals surface area contributed by atoms with Crippen LogP contribution in [0.3, 0.4) is 0 Å². The average Bonchev–Trinajstić information content (AvgIpc) is 2.88. The highest BCUT2D eigenvalue weighted by Crippen LogP contribution is 2.39. The standard InChI is InChI=1S/C20H20N4OS2/c1-3-12-27-20-22-19-17(23-24-20)15-6-4-5-7-16(15)21-18(25-19)13-8-10-14(26-2)11-9-13/h4-11,18,21H,3,12H2,1-2H3. The molecule has 1 aliphatic rings. The van der Waals surface area contributed by atoms with Crippen molar-refractivity contribution in [3.63, 3.8) is 0 Å². The number of anilines is 1. The monoisotopic (exact) mass is 396 g/mol. The number of hydrogen-bond donors (Lipinski definition) is 1. The van der Waals surface area contributed by atoms with Crippen molar-refractivity contribution in [2.75, 3.05) is 17.3 Å². The molecule has 5 nitrogen and oxygen atoms in total. The molecule has 0 amide bonds. The summed E-state index contributed by atoms with van der Waals surface area (Å²) in [6.07, 6.45) is 2.78. The minimum atomic E-state index is -0.343. The van der Waals surface area contributed by atoms with E-state index in [1.165, 1.54) is 4.90 Å². The van der Waals surface area contributed by atoms with Gasteiger partial charge in [0.1, 0.15) is 0 Å². The molecular formula is C20H20N4OS2. The van der Waals surface area contributed by atoms with E-state index in [2.05, 4.69) is 57.9 Å². The molecule has 0 saturated heterocycles. The van der Waals surface area contributed by atoms with E-state index < -0.39 is 0 Å². The Hall–Kier alpha value is -2.25. The molecule has 2 heterocycles. The van der Waals surface area contributed by atoms with Crippen LogP contribution in [0.5, 0.6) is 5.88 Å². The fraction of sp³-hybridized carbons (Fsp3) is 0.250. The second kappa shape index (κ2) is 8.19. The smallest absolute Gasteiger partial charge is 0.247 e. The highest BCUT2D eigenvalue weighted by molar-refractivity contribution is 7.99. The number of benzene rings is 2. The molecular weight excluding hydrogens is 376 g/mol. The van der Waals surface area contributed by atoms with E-state index >= 15 is 0 Å². The Morgan fingerprint density at radius 3 is 2.67 bits per heavy atom. The quantitative estimate of drug-likeness (QED) is 0.590. The normalized spacial score (nSPS) is 15.1. The molecule has 1 aliphatic heterocycles. The first-order valence-electron chi connectivity index (χ1n) is 8.82. The molecule has 0 fully saturated rings. The number of ether oxygens (including phenoxy) is 1. The highest BCUT2D eigenvalue weighted by Gasteiger charge is 2.25. The van der Waals surface area contributed by atoms with Crippen molar-refractivity contribution in [3.8, 4) is 17.1 Å². The lowest BCUT2D eigenvalue weighted by Crippen LogP contribution is -2.17. The third kappa shape index (κ3) is 3.89. The van der Waals surface area contributed by atoms with Crippen molar-refractivity contribution in [1.82, 2.24) is 15.2 Å². The van der Waals surface area contributed by atoms with Crippen LogP contribution in [0.2, 0.25) is 0 Å². The second-order valence-corrected chi connectivity index (χ2v) is 8.00. The Bertz CT molecular complexity index is 934. The summed E-state index contributed by atoms with van der Waals surface area (Å²) in [6.45, 7) is 2.13. The number of fused-ring (bicyclic) bond motifs is 3. The van der Waals surface area contributed by atoms with Crippen molar-refractivity contribution in [3.05, 3.63) is 54.1 Å². The summed E-state index contributed by atoms with van der Waals surface area (Å²) in [5.74, 6) is 1.47. The van der Waals surface area contributed by atoms with Crippen LogP contribution in [0.4, 0.5) is 5.69 Å². The summed E-state index contributed by atoms with van der Waals surface area (Å²) in [4.78, 5) is 5.86. The maximum Gasteiger partial charge on any atom is 0.247 e. The summed E-state index contributed by atoms with van der Waals surface area (Å²) < 4.78 is 6.27. The summed E-state index contributed by atoms with van der Waals surface area (Å²) in [7, 11) is 0. The van der Waals surface area contributed by atoms with Gasteiger partial charge in [-0.15, -0.1) is 22.0 Å². The second-order valence-electron chi connectivity index (χ2n) is 6.06. The first-order valence-corrected chi connectivity index (χ1v) is 11.0. The molecule has 0 bridgehead atoms. The van der Waals surface area contributed by atoms with Crippen LogP contribution in [0.15, 0.2) is 58.6 Å². The van der Waals surface area contributed by atoms with Gasteiger partial charge in [0.25, 0.3) is 0 Å². The fourth-order valence-corrected chi connectivity index (χ4v) is 3.87. The summed E-state index contributed by atoms with van der Waals surface area (Å²) in [5, 5.41) is 12.8. The molecule has 4 rings (SSSR count). The first kappa shape index (κ1) is 18.1. The molecule has 7 heteroatoms. The number of nitrogens with zero attached hydrogens (tertiary/aromatic N) is 3. The highest BCUT2D eigenvalue weighted by atomic mass is 32.2. The molecule has 0 spiro atoms. The van der Waals surface area contributed by atoms with Gasteiger partial charge in [-0.3, -0.25) is 0 Å². The lowest BCUT2D eigenvalue weighted by Gasteiger charge is -2.19. The zero-order valence-corrected chi connectivity index (χ0v) is 16.8. The van der Waals surface area contributed by atoms with Crippen molar-refractivity contribution < 1.29 is 4.74 Å². The zero-order valence-electron chi connectivity index (χ0n) is 15.2. The number of aromatic nitrogens is 3. The molecule has 1 unspecified atom stereocenters. The van der Waals surface area contributed by atoms with E-state index in [1.807, 2.05) is 24.3 Å². The van der Waals surface area contributed by atoms with Crippen LogP contribution < -0.4 is 10.1 Å². The average molecular weight is 397 g/mol. The van der Waals surface area contributed by atoms with Gasteiger partial charge in [-0.1, -0.05) is 49.0 Å². The number of rotatable bonds is 5. The Balaban J connectivity index is 1.75. The van der Waals surface area contributed by atoms with Gasteiger partial charge in [0.05, 0.1) is 0 Å². The summed E-state index contributed by atoms with van der Waals surface area (Å²) >= 11 is 3.32. The van der Waals surface area contributed by atoms with Crippen LogP contribution >= 0.6 is 23.5 Å². The summed E-state index contributed by atoms with van der Waals surface area (Å²) in [5.41, 5.74) is 3.61. The molecule has 1 N–H and O–H groups in total. The van der Waals surface area contributed by atoms with Crippen molar-refractivity contribution in [2.45, 2.75) is 29.6 Å². The predicted molar refractivity (Wildman–Crippen MR) is 111 cm³/mol. The molecule has 0 aliphatic carbocycles. The van der Waals surface area contributed by atoms with E-state index in [0.717, 1.165) is 29.0 Å². The van der Waals surface area contributed by atoms with Gasteiger partial charge >= 0.3 is 0 Å². The molecule has 138 valence electrons. The van der Waals surface area contributed by atoms with Gasteiger partial charge in [0.2, 0.25) is 11.0 Å². The van der Waals surface area contributed by atoms with E-state index in [1.54, 1.807) is 23.5 Å². The van der Waals surface area contributed by atoms with Crippen molar-refractivity contribution in [2.24, 2.45) is 0 Å². The molecule has 0 radical (unpaired) electrons. The van der Waals surface area contributed by atoms with Gasteiger partial charge in [0.15, 0.2) is 11.9 Å². The topological polar surface area (TPSA) is 59.9 Å². The molecule has 1 aromatic heterocycles. The van der Waals surface area contributed by atoms with Crippen LogP contribution in [0, 0.1) is 0 Å². The van der Waals surface area contributed by atoms with Crippen LogP contribution in [0.25, 0.3) is 11.3 Å². The number of thioether (sulfide) groups is 2. The first-order chi connectivity index (χ1) is 13.3. The minimum Gasteiger partial charge on any atom is -0.448 e. The molecule has 27 heavy (non-hydrogen) atoms. The Kier molecular flexibility index (Phi) is 5.50. The number of hydrogen-bond acceptors (Lipinski definition) is 7. The Morgan fingerprint density at radius 1 is 1.07 bits per heavy atom. The molecule has 0 saturated carbocycles. The van der Waals surface area contributed by atoms with Gasteiger partial charge in [0, 0.05) is 27.5 Å². The van der Waals surface area contributed by atoms with Gasteiger partial charge in [-0.2, -0.15) is 4.98 Å². The summed E-state index contributed by atoms with van der Waals surface area (Å²) in [6, 6.07) is 16.4. The Labute approximate surface area is 167 Å². The third-order valence-electron chi connectivity index (χ3n) is 4.19. The maximum absolute atomic E-state index is 6.27. The fourth-order valence-electron chi connectivity index (χ4n) is 2.83. The van der Waals surface area contributed by atoms with Gasteiger partial charge in [-0.05, 0) is 30.9 Å². The van der Waals surface area contributed by atoms with Crippen LogP contribution in [0.1, 0.15) is 25.1 Å². The predicted octanol–water partition coefficient (Wildman–Crippen LogP) is 5.27. The van der Waals surface area contributed by atoms with Crippen LogP contribution in [-0.4, -0.2) is 27.2 Å². The van der Waals surface area contributed by atoms with Crippen molar-refractivity contribution >= 4 is 29.2 Å². The number of nitrogens with one attached hydrogen (secondary N) is 1. The molecule has 1 atom stereocenters. The number of para-hydroxylation sites is 1. The van der Waals surface area contributed by atoms with Crippen LogP contribution in [-0.2, 0) is 0 Å². The zero-order chi connectivity index (χ0) is 18.6. The van der Waals surface area contributed by atoms with E-state index in [9.17, 15) is 0 Å².